The van der Waals surface area contributed by atoms with Gasteiger partial charge in [0.15, 0.2) is 5.78 Å². The maximum absolute atomic E-state index is 10.7. The number of nitrogens with two attached hydrogens (primary N) is 1. The fourth-order valence-corrected chi connectivity index (χ4v) is 0.511. The molecule has 0 amide bonds. The van der Waals surface area contributed by atoms with Gasteiger partial charge in [0.1, 0.15) is 6.10 Å². The summed E-state index contributed by atoms with van der Waals surface area (Å²) >= 11 is 0. The highest BCUT2D eigenvalue weighted by molar-refractivity contribution is 5.87. The normalized spacial score (nSPS) is 16.9. The van der Waals surface area contributed by atoms with Crippen LogP contribution in [0.15, 0.2) is 0 Å². The molecule has 9 heavy (non-hydrogen) atoms. The summed E-state index contributed by atoms with van der Waals surface area (Å²) in [5.74, 6) is -0.280. The number of Topliss-reactive ketones (excluding diaryl/α,β-unsaturated/α-hetero) is 1. The third kappa shape index (κ3) is 2.58. The highest BCUT2D eigenvalue weighted by Crippen LogP contribution is 1.92. The van der Waals surface area contributed by atoms with Crippen LogP contribution in [-0.4, -0.2) is 23.0 Å². The summed E-state index contributed by atoms with van der Waals surface area (Å²) in [7, 11) is 0. The first kappa shape index (κ1) is 8.59. The van der Waals surface area contributed by atoms with Crippen LogP contribution in [0.3, 0.4) is 0 Å². The van der Waals surface area contributed by atoms with Gasteiger partial charge in [-0.25, -0.2) is 0 Å². The molecule has 0 aromatic rings. The summed E-state index contributed by atoms with van der Waals surface area (Å²) < 4.78 is 0. The molecule has 0 rings (SSSR count). The Bertz CT molecular complexity index is 101. The average Bonchev–Trinajstić information content (AvgIpc) is 1.84. The van der Waals surface area contributed by atoms with Crippen molar-refractivity contribution in [1.82, 2.24) is 0 Å². The van der Waals surface area contributed by atoms with E-state index in [2.05, 4.69) is 0 Å². The molecule has 0 aromatic heterocycles. The molecule has 0 aromatic carbocycles. The van der Waals surface area contributed by atoms with Gasteiger partial charge < -0.3 is 10.8 Å². The molecule has 3 nitrogen and oxygen atoms in total. The van der Waals surface area contributed by atoms with Gasteiger partial charge in [-0.05, 0) is 13.3 Å². The number of ketones is 1. The molecule has 0 aliphatic heterocycles. The van der Waals surface area contributed by atoms with Crippen LogP contribution in [0.1, 0.15) is 20.3 Å². The topological polar surface area (TPSA) is 63.3 Å². The second-order valence-corrected chi connectivity index (χ2v) is 2.09. The largest absolute Gasteiger partial charge is 0.386 e. The molecule has 0 radical (unpaired) electrons. The van der Waals surface area contributed by atoms with Crippen molar-refractivity contribution in [2.45, 2.75) is 32.4 Å². The Labute approximate surface area is 54.9 Å². The van der Waals surface area contributed by atoms with E-state index in [0.717, 1.165) is 0 Å². The standard InChI is InChI=1S/C6H13NO2/c1-3-5(7)6(9)4(2)8/h4-5,8H,3,7H2,1-2H3. The maximum Gasteiger partial charge on any atom is 0.177 e. The van der Waals surface area contributed by atoms with Crippen molar-refractivity contribution in [2.75, 3.05) is 0 Å². The van der Waals surface area contributed by atoms with E-state index in [4.69, 9.17) is 10.8 Å². The summed E-state index contributed by atoms with van der Waals surface area (Å²) in [4.78, 5) is 10.7. The van der Waals surface area contributed by atoms with Gasteiger partial charge in [-0.1, -0.05) is 6.92 Å². The zero-order chi connectivity index (χ0) is 7.44. The molecule has 0 bridgehead atoms. The fraction of sp³-hybridized carbons (Fsp3) is 0.833. The Kier molecular flexibility index (Phi) is 3.42. The first-order valence-electron chi connectivity index (χ1n) is 3.07. The summed E-state index contributed by atoms with van der Waals surface area (Å²) in [5, 5.41) is 8.69. The van der Waals surface area contributed by atoms with E-state index in [-0.39, 0.29) is 5.78 Å². The SMILES string of the molecule is CCC(N)C(=O)C(C)O. The van der Waals surface area contributed by atoms with Crippen LogP contribution in [-0.2, 0) is 4.79 Å². The Morgan fingerprint density at radius 3 is 2.33 bits per heavy atom. The van der Waals surface area contributed by atoms with Gasteiger partial charge in [0.2, 0.25) is 0 Å². The molecule has 0 saturated heterocycles. The molecule has 3 heteroatoms. The number of aliphatic hydroxyl groups is 1. The Hall–Kier alpha value is -0.410. The molecule has 3 N–H and O–H groups in total. The van der Waals surface area contributed by atoms with Crippen LogP contribution >= 0.6 is 0 Å². The minimum absolute atomic E-state index is 0.280. The molecule has 2 unspecified atom stereocenters. The van der Waals surface area contributed by atoms with Crippen molar-refractivity contribution in [3.8, 4) is 0 Å². The van der Waals surface area contributed by atoms with E-state index < -0.39 is 12.1 Å². The summed E-state index contributed by atoms with van der Waals surface area (Å²) in [6, 6.07) is -0.495. The van der Waals surface area contributed by atoms with Crippen molar-refractivity contribution in [2.24, 2.45) is 5.73 Å². The number of hydrogen-bond donors (Lipinski definition) is 2. The van der Waals surface area contributed by atoms with Crippen LogP contribution in [0.25, 0.3) is 0 Å². The van der Waals surface area contributed by atoms with E-state index in [1.54, 1.807) is 0 Å². The first-order chi connectivity index (χ1) is 4.09. The first-order valence-corrected chi connectivity index (χ1v) is 3.07. The Balaban J connectivity index is 3.73. The highest BCUT2D eigenvalue weighted by atomic mass is 16.3. The summed E-state index contributed by atoms with van der Waals surface area (Å²) in [6.07, 6.45) is -0.330. The number of rotatable bonds is 3. The number of aliphatic hydroxyl groups excluding tert-OH is 1. The predicted molar refractivity (Wildman–Crippen MR) is 35.0 cm³/mol. The lowest BCUT2D eigenvalue weighted by Gasteiger charge is -2.08. The molecular formula is C6H13NO2. The fourth-order valence-electron chi connectivity index (χ4n) is 0.511. The summed E-state index contributed by atoms with van der Waals surface area (Å²) in [6.45, 7) is 3.24. The van der Waals surface area contributed by atoms with Crippen molar-refractivity contribution in [3.63, 3.8) is 0 Å². The second-order valence-electron chi connectivity index (χ2n) is 2.09. The molecule has 0 saturated carbocycles. The zero-order valence-corrected chi connectivity index (χ0v) is 5.79. The predicted octanol–water partition coefficient (Wildman–Crippen LogP) is -0.326. The lowest BCUT2D eigenvalue weighted by Crippen LogP contribution is -2.36. The van der Waals surface area contributed by atoms with Gasteiger partial charge in [0.25, 0.3) is 0 Å². The van der Waals surface area contributed by atoms with Gasteiger partial charge in [-0.15, -0.1) is 0 Å². The maximum atomic E-state index is 10.7. The van der Waals surface area contributed by atoms with Crippen molar-refractivity contribution in [3.05, 3.63) is 0 Å². The molecule has 54 valence electrons. The monoisotopic (exact) mass is 131 g/mol. The Morgan fingerprint density at radius 1 is 1.78 bits per heavy atom. The molecule has 0 aliphatic carbocycles. The molecule has 0 spiro atoms. The van der Waals surface area contributed by atoms with Crippen molar-refractivity contribution < 1.29 is 9.90 Å². The molecule has 0 heterocycles. The minimum atomic E-state index is -0.917. The van der Waals surface area contributed by atoms with Gasteiger partial charge in [0, 0.05) is 0 Å². The van der Waals surface area contributed by atoms with Crippen LogP contribution in [0.2, 0.25) is 0 Å². The van der Waals surface area contributed by atoms with Crippen LogP contribution in [0.4, 0.5) is 0 Å². The van der Waals surface area contributed by atoms with Crippen LogP contribution < -0.4 is 5.73 Å². The van der Waals surface area contributed by atoms with E-state index in [0.29, 0.717) is 6.42 Å². The third-order valence-electron chi connectivity index (χ3n) is 1.22. The van der Waals surface area contributed by atoms with Crippen molar-refractivity contribution in [1.29, 1.82) is 0 Å². The van der Waals surface area contributed by atoms with Gasteiger partial charge in [0.05, 0.1) is 6.04 Å². The van der Waals surface area contributed by atoms with Crippen LogP contribution in [0.5, 0.6) is 0 Å². The van der Waals surface area contributed by atoms with E-state index in [1.165, 1.54) is 6.92 Å². The number of carbonyl (C=O) groups excluding carboxylic acids is 1. The lowest BCUT2D eigenvalue weighted by atomic mass is 10.1. The third-order valence-corrected chi connectivity index (χ3v) is 1.22. The molecule has 0 aliphatic rings. The molecular weight excluding hydrogens is 118 g/mol. The lowest BCUT2D eigenvalue weighted by molar-refractivity contribution is -0.127. The minimum Gasteiger partial charge on any atom is -0.386 e. The van der Waals surface area contributed by atoms with E-state index in [9.17, 15) is 4.79 Å². The highest BCUT2D eigenvalue weighted by Gasteiger charge is 2.15. The molecule has 2 atom stereocenters. The average molecular weight is 131 g/mol. The second kappa shape index (κ2) is 3.58. The summed E-state index contributed by atoms with van der Waals surface area (Å²) in [5.41, 5.74) is 5.31. The quantitative estimate of drug-likeness (QED) is 0.551. The number of carbonyl (C=O) groups is 1. The van der Waals surface area contributed by atoms with Gasteiger partial charge in [-0.3, -0.25) is 4.79 Å². The number of hydrogen-bond acceptors (Lipinski definition) is 3. The van der Waals surface area contributed by atoms with E-state index in [1.807, 2.05) is 6.92 Å². The zero-order valence-electron chi connectivity index (χ0n) is 5.79. The molecule has 0 fully saturated rings. The Morgan fingerprint density at radius 2 is 2.22 bits per heavy atom. The van der Waals surface area contributed by atoms with E-state index >= 15 is 0 Å². The van der Waals surface area contributed by atoms with Gasteiger partial charge >= 0.3 is 0 Å². The van der Waals surface area contributed by atoms with Crippen molar-refractivity contribution >= 4 is 5.78 Å². The van der Waals surface area contributed by atoms with Gasteiger partial charge in [-0.2, -0.15) is 0 Å². The van der Waals surface area contributed by atoms with Crippen LogP contribution in [0, 0.1) is 0 Å². The smallest absolute Gasteiger partial charge is 0.177 e.